The van der Waals surface area contributed by atoms with E-state index in [2.05, 4.69) is 11.4 Å². The Labute approximate surface area is 81.0 Å². The summed E-state index contributed by atoms with van der Waals surface area (Å²) in [5.41, 5.74) is 9.08. The first-order valence-electron chi connectivity index (χ1n) is 4.12. The molecule has 0 aliphatic rings. The van der Waals surface area contributed by atoms with Gasteiger partial charge in [0.2, 0.25) is 0 Å². The highest BCUT2D eigenvalue weighted by Crippen LogP contribution is 2.28. The van der Waals surface area contributed by atoms with Crippen LogP contribution in [0.25, 0.3) is 11.1 Å². The minimum Gasteiger partial charge on any atom is -0.472 e. The first-order valence-corrected chi connectivity index (χ1v) is 5.00. The summed E-state index contributed by atoms with van der Waals surface area (Å²) >= 11 is 1.69. The zero-order chi connectivity index (χ0) is 9.26. The van der Waals surface area contributed by atoms with Crippen molar-refractivity contribution in [3.05, 3.63) is 34.4 Å². The van der Waals surface area contributed by atoms with Gasteiger partial charge in [0.05, 0.1) is 12.5 Å². The first-order chi connectivity index (χ1) is 6.31. The van der Waals surface area contributed by atoms with Crippen molar-refractivity contribution in [1.82, 2.24) is 0 Å². The van der Waals surface area contributed by atoms with E-state index in [4.69, 9.17) is 10.2 Å². The number of hydrogen-bond donors (Lipinski definition) is 1. The Morgan fingerprint density at radius 1 is 1.46 bits per heavy atom. The monoisotopic (exact) mass is 193 g/mol. The molecule has 0 amide bonds. The van der Waals surface area contributed by atoms with E-state index >= 15 is 0 Å². The molecule has 0 saturated carbocycles. The van der Waals surface area contributed by atoms with E-state index in [0.29, 0.717) is 6.54 Å². The zero-order valence-electron chi connectivity index (χ0n) is 7.41. The lowest BCUT2D eigenvalue weighted by atomic mass is 10.1. The van der Waals surface area contributed by atoms with E-state index in [1.165, 1.54) is 16.0 Å². The fourth-order valence-corrected chi connectivity index (χ4v) is 2.05. The molecule has 0 saturated heterocycles. The summed E-state index contributed by atoms with van der Waals surface area (Å²) in [5.74, 6) is 0. The third kappa shape index (κ3) is 1.53. The summed E-state index contributed by atoms with van der Waals surface area (Å²) in [7, 11) is 0. The van der Waals surface area contributed by atoms with Crippen LogP contribution in [0.5, 0.6) is 0 Å². The van der Waals surface area contributed by atoms with Crippen molar-refractivity contribution in [1.29, 1.82) is 0 Å². The second-order valence-corrected chi connectivity index (χ2v) is 3.97. The van der Waals surface area contributed by atoms with Crippen molar-refractivity contribution >= 4 is 11.3 Å². The van der Waals surface area contributed by atoms with Crippen LogP contribution >= 0.6 is 11.3 Å². The van der Waals surface area contributed by atoms with Gasteiger partial charge in [-0.1, -0.05) is 0 Å². The van der Waals surface area contributed by atoms with Gasteiger partial charge in [0.1, 0.15) is 0 Å². The smallest absolute Gasteiger partial charge is 0.0984 e. The lowest BCUT2D eigenvalue weighted by molar-refractivity contribution is 0.566. The molecule has 0 spiro atoms. The van der Waals surface area contributed by atoms with Gasteiger partial charge in [-0.3, -0.25) is 0 Å². The van der Waals surface area contributed by atoms with Crippen molar-refractivity contribution in [2.45, 2.75) is 13.5 Å². The summed E-state index contributed by atoms with van der Waals surface area (Å²) in [6, 6.07) is 2.11. The molecule has 0 bridgehead atoms. The minimum absolute atomic E-state index is 0.613. The third-order valence-corrected chi connectivity index (χ3v) is 2.98. The molecule has 0 aliphatic heterocycles. The van der Waals surface area contributed by atoms with Gasteiger partial charge in [-0.25, -0.2) is 0 Å². The summed E-state index contributed by atoms with van der Waals surface area (Å²) in [6.07, 6.45) is 3.53. The third-order valence-electron chi connectivity index (χ3n) is 2.02. The molecular weight excluding hydrogens is 182 g/mol. The topological polar surface area (TPSA) is 39.2 Å². The molecule has 2 N–H and O–H groups in total. The van der Waals surface area contributed by atoms with E-state index in [0.717, 1.165) is 5.56 Å². The first kappa shape index (κ1) is 8.53. The highest BCUT2D eigenvalue weighted by atomic mass is 32.1. The lowest BCUT2D eigenvalue weighted by Gasteiger charge is -1.91. The number of aryl methyl sites for hydroxylation is 1. The van der Waals surface area contributed by atoms with Gasteiger partial charge in [-0.2, -0.15) is 0 Å². The van der Waals surface area contributed by atoms with E-state index in [9.17, 15) is 0 Å². The van der Waals surface area contributed by atoms with Crippen LogP contribution in [-0.2, 0) is 6.54 Å². The zero-order valence-corrected chi connectivity index (χ0v) is 8.23. The fourth-order valence-electron chi connectivity index (χ4n) is 1.29. The van der Waals surface area contributed by atoms with E-state index in [1.807, 2.05) is 6.92 Å². The molecule has 0 aliphatic carbocycles. The maximum absolute atomic E-state index is 5.54. The highest BCUT2D eigenvalue weighted by Gasteiger charge is 2.05. The standard InChI is InChI=1S/C10H11NOS/c1-7-4-12-5-10(7)8-2-9(3-11)13-6-8/h2,4-6H,3,11H2,1H3. The van der Waals surface area contributed by atoms with Crippen LogP contribution in [0.3, 0.4) is 0 Å². The molecule has 0 atom stereocenters. The number of furan rings is 1. The molecule has 0 fully saturated rings. The quantitative estimate of drug-likeness (QED) is 0.796. The van der Waals surface area contributed by atoms with Gasteiger partial charge < -0.3 is 10.2 Å². The molecule has 68 valence electrons. The average molecular weight is 193 g/mol. The number of thiophene rings is 1. The van der Waals surface area contributed by atoms with Crippen molar-refractivity contribution in [2.24, 2.45) is 5.73 Å². The van der Waals surface area contributed by atoms with Crippen LogP contribution < -0.4 is 5.73 Å². The van der Waals surface area contributed by atoms with Gasteiger partial charge in [-0.15, -0.1) is 11.3 Å². The van der Waals surface area contributed by atoms with Crippen LogP contribution in [0.15, 0.2) is 28.4 Å². The van der Waals surface area contributed by atoms with Crippen molar-refractivity contribution in [3.8, 4) is 11.1 Å². The van der Waals surface area contributed by atoms with E-state index < -0.39 is 0 Å². The Morgan fingerprint density at radius 3 is 2.85 bits per heavy atom. The predicted molar refractivity (Wildman–Crippen MR) is 54.6 cm³/mol. The van der Waals surface area contributed by atoms with E-state index in [1.54, 1.807) is 23.9 Å². The van der Waals surface area contributed by atoms with Gasteiger partial charge in [0, 0.05) is 17.0 Å². The Kier molecular flexibility index (Phi) is 2.20. The summed E-state index contributed by atoms with van der Waals surface area (Å²) in [6.45, 7) is 2.65. The molecule has 2 aromatic rings. The number of rotatable bonds is 2. The SMILES string of the molecule is Cc1cocc1-c1csc(CN)c1. The molecule has 0 radical (unpaired) electrons. The summed E-state index contributed by atoms with van der Waals surface area (Å²) in [4.78, 5) is 1.20. The van der Waals surface area contributed by atoms with E-state index in [-0.39, 0.29) is 0 Å². The Morgan fingerprint density at radius 2 is 2.31 bits per heavy atom. The summed E-state index contributed by atoms with van der Waals surface area (Å²) < 4.78 is 5.12. The number of hydrogen-bond acceptors (Lipinski definition) is 3. The molecule has 2 aromatic heterocycles. The van der Waals surface area contributed by atoms with Gasteiger partial charge in [0.15, 0.2) is 0 Å². The van der Waals surface area contributed by atoms with Crippen LogP contribution in [0.2, 0.25) is 0 Å². The molecular formula is C10H11NOS. The molecule has 2 heterocycles. The number of nitrogens with two attached hydrogens (primary N) is 1. The van der Waals surface area contributed by atoms with Gasteiger partial charge >= 0.3 is 0 Å². The Hall–Kier alpha value is -1.06. The maximum Gasteiger partial charge on any atom is 0.0984 e. The largest absolute Gasteiger partial charge is 0.472 e. The van der Waals surface area contributed by atoms with Crippen molar-refractivity contribution < 1.29 is 4.42 Å². The maximum atomic E-state index is 5.54. The van der Waals surface area contributed by atoms with Crippen LogP contribution in [-0.4, -0.2) is 0 Å². The van der Waals surface area contributed by atoms with Crippen LogP contribution in [0, 0.1) is 6.92 Å². The molecule has 0 aromatic carbocycles. The highest BCUT2D eigenvalue weighted by molar-refractivity contribution is 7.10. The molecule has 0 unspecified atom stereocenters. The Balaban J connectivity index is 2.41. The molecule has 2 rings (SSSR count). The minimum atomic E-state index is 0.613. The van der Waals surface area contributed by atoms with Crippen molar-refractivity contribution in [2.75, 3.05) is 0 Å². The molecule has 13 heavy (non-hydrogen) atoms. The Bertz CT molecular complexity index is 402. The van der Waals surface area contributed by atoms with Crippen molar-refractivity contribution in [3.63, 3.8) is 0 Å². The molecule has 3 heteroatoms. The average Bonchev–Trinajstić information content (AvgIpc) is 2.71. The van der Waals surface area contributed by atoms with Gasteiger partial charge in [0.25, 0.3) is 0 Å². The van der Waals surface area contributed by atoms with Gasteiger partial charge in [-0.05, 0) is 29.5 Å². The molecule has 2 nitrogen and oxygen atoms in total. The second kappa shape index (κ2) is 3.36. The van der Waals surface area contributed by atoms with Crippen LogP contribution in [0.1, 0.15) is 10.4 Å². The normalized spacial score (nSPS) is 10.6. The predicted octanol–water partition coefficient (Wildman–Crippen LogP) is 2.78. The second-order valence-electron chi connectivity index (χ2n) is 2.97. The van der Waals surface area contributed by atoms with Crippen LogP contribution in [0.4, 0.5) is 0 Å². The lowest BCUT2D eigenvalue weighted by Crippen LogP contribution is -1.91. The fraction of sp³-hybridized carbons (Fsp3) is 0.200. The summed E-state index contributed by atoms with van der Waals surface area (Å²) in [5, 5.41) is 2.11.